The largest absolute Gasteiger partial charge is 0.484 e. The fraction of sp³-hybridized carbons (Fsp3) is 0.393. The Hall–Kier alpha value is -3.53. The van der Waals surface area contributed by atoms with Gasteiger partial charge < -0.3 is 20.3 Å². The van der Waals surface area contributed by atoms with Crippen LogP contribution in [-0.4, -0.2) is 60.1 Å². The lowest BCUT2D eigenvalue weighted by Crippen LogP contribution is -2.34. The van der Waals surface area contributed by atoms with E-state index in [0.717, 1.165) is 60.9 Å². The number of rotatable bonds is 8. The van der Waals surface area contributed by atoms with E-state index in [1.165, 1.54) is 5.56 Å². The summed E-state index contributed by atoms with van der Waals surface area (Å²) >= 11 is 0. The number of nitrogens with zero attached hydrogens (tertiary/aromatic N) is 3. The number of anilines is 2. The van der Waals surface area contributed by atoms with E-state index in [1.807, 2.05) is 38.1 Å². The van der Waals surface area contributed by atoms with E-state index >= 15 is 0 Å². The molecular formula is C28H35N7O2. The number of likely N-dealkylation sites (N-methyl/N-ethyl adjacent to an activating group) is 1. The number of amides is 1. The maximum absolute atomic E-state index is 12.0. The Bertz CT molecular complexity index is 1240. The van der Waals surface area contributed by atoms with Crippen molar-refractivity contribution in [3.63, 3.8) is 0 Å². The molecule has 2 aliphatic rings. The minimum atomic E-state index is -0.146. The van der Waals surface area contributed by atoms with Crippen molar-refractivity contribution in [3.05, 3.63) is 65.4 Å². The van der Waals surface area contributed by atoms with Gasteiger partial charge in [0, 0.05) is 61.4 Å². The molecule has 0 unspecified atom stereocenters. The summed E-state index contributed by atoms with van der Waals surface area (Å²) in [6.07, 6.45) is 0.863. The summed E-state index contributed by atoms with van der Waals surface area (Å²) in [6.45, 7) is 7.44. The molecule has 9 heteroatoms. The van der Waals surface area contributed by atoms with E-state index in [0.29, 0.717) is 17.5 Å². The van der Waals surface area contributed by atoms with Gasteiger partial charge in [0.15, 0.2) is 12.4 Å². The number of hydrogen-bond acceptors (Lipinski definition) is 8. The smallest absolute Gasteiger partial charge is 0.258 e. The van der Waals surface area contributed by atoms with Crippen molar-refractivity contribution in [1.29, 1.82) is 0 Å². The van der Waals surface area contributed by atoms with Crippen molar-refractivity contribution >= 4 is 17.4 Å². The molecule has 3 heterocycles. The Balaban J connectivity index is 1.39. The molecule has 4 N–H and O–H groups in total. The number of carbonyl (C=O) groups excluding carboxylic acids is 1. The summed E-state index contributed by atoms with van der Waals surface area (Å²) in [7, 11) is 2.12. The standard InChI is InChI=1S/C28H35N7O2/c1-18(2)31-26(36)17-37-23-6-4-5-20(13-23)27-33-25-11-12-35(3)16-24(25)28(34-27)32-22-9-7-19(8-10-22)21-14-29-30-15-21/h4-10,13,18,21,29-30H,11-12,14-17H2,1-3H3,(H,31,36)(H,32,33,34). The Kier molecular flexibility index (Phi) is 7.64. The van der Waals surface area contributed by atoms with Gasteiger partial charge in [0.25, 0.3) is 5.91 Å². The normalized spacial score (nSPS) is 16.0. The maximum Gasteiger partial charge on any atom is 0.258 e. The van der Waals surface area contributed by atoms with Gasteiger partial charge in [-0.1, -0.05) is 24.3 Å². The highest BCUT2D eigenvalue weighted by atomic mass is 16.5. The second kappa shape index (κ2) is 11.2. The third-order valence-electron chi connectivity index (χ3n) is 6.63. The molecule has 1 amide bonds. The average molecular weight is 502 g/mol. The third kappa shape index (κ3) is 6.25. The molecule has 194 valence electrons. The summed E-state index contributed by atoms with van der Waals surface area (Å²) in [6, 6.07) is 16.3. The van der Waals surface area contributed by atoms with Gasteiger partial charge in [-0.2, -0.15) is 0 Å². The van der Waals surface area contributed by atoms with Crippen LogP contribution in [0.1, 0.15) is 36.6 Å². The maximum atomic E-state index is 12.0. The minimum absolute atomic E-state index is 0.0329. The van der Waals surface area contributed by atoms with Gasteiger partial charge >= 0.3 is 0 Å². The Labute approximate surface area is 218 Å². The number of nitrogens with one attached hydrogen (secondary N) is 4. The number of aromatic nitrogens is 2. The van der Waals surface area contributed by atoms with Gasteiger partial charge in [0.05, 0.1) is 5.69 Å². The van der Waals surface area contributed by atoms with Gasteiger partial charge in [-0.15, -0.1) is 0 Å². The molecule has 0 bridgehead atoms. The lowest BCUT2D eigenvalue weighted by molar-refractivity contribution is -0.123. The second-order valence-corrected chi connectivity index (χ2v) is 10.1. The van der Waals surface area contributed by atoms with Crippen molar-refractivity contribution in [2.24, 2.45) is 0 Å². The van der Waals surface area contributed by atoms with Crippen LogP contribution in [0.4, 0.5) is 11.5 Å². The number of hydrazine groups is 1. The number of ether oxygens (including phenoxy) is 1. The first-order chi connectivity index (χ1) is 17.9. The van der Waals surface area contributed by atoms with Gasteiger partial charge in [-0.25, -0.2) is 9.97 Å². The molecule has 0 radical (unpaired) electrons. The van der Waals surface area contributed by atoms with E-state index in [2.05, 4.69) is 57.7 Å². The minimum Gasteiger partial charge on any atom is -0.484 e. The number of fused-ring (bicyclic) bond motifs is 1. The zero-order chi connectivity index (χ0) is 25.8. The van der Waals surface area contributed by atoms with Crippen molar-refractivity contribution in [3.8, 4) is 17.1 Å². The number of carbonyl (C=O) groups is 1. The summed E-state index contributed by atoms with van der Waals surface area (Å²) in [4.78, 5) is 24.2. The molecule has 0 aliphatic carbocycles. The fourth-order valence-corrected chi connectivity index (χ4v) is 4.69. The number of hydrogen-bond donors (Lipinski definition) is 4. The molecule has 0 atom stereocenters. The van der Waals surface area contributed by atoms with Crippen LogP contribution in [-0.2, 0) is 17.8 Å². The molecule has 9 nitrogen and oxygen atoms in total. The molecule has 3 aromatic rings. The Morgan fingerprint density at radius 3 is 2.68 bits per heavy atom. The molecule has 37 heavy (non-hydrogen) atoms. The molecule has 5 rings (SSSR count). The zero-order valence-corrected chi connectivity index (χ0v) is 21.7. The quantitative estimate of drug-likeness (QED) is 0.374. The summed E-state index contributed by atoms with van der Waals surface area (Å²) in [5, 5.41) is 6.40. The molecule has 1 aromatic heterocycles. The molecular weight excluding hydrogens is 466 g/mol. The van der Waals surface area contributed by atoms with E-state index in [4.69, 9.17) is 14.7 Å². The Morgan fingerprint density at radius 2 is 1.92 bits per heavy atom. The fourth-order valence-electron chi connectivity index (χ4n) is 4.69. The van der Waals surface area contributed by atoms with Crippen LogP contribution >= 0.6 is 0 Å². The summed E-state index contributed by atoms with van der Waals surface area (Å²) < 4.78 is 5.74. The molecule has 0 spiro atoms. The van der Waals surface area contributed by atoms with Crippen LogP contribution in [0, 0.1) is 0 Å². The highest BCUT2D eigenvalue weighted by Gasteiger charge is 2.22. The van der Waals surface area contributed by atoms with Gasteiger partial charge in [-0.05, 0) is 50.7 Å². The summed E-state index contributed by atoms with van der Waals surface area (Å²) in [5.41, 5.74) is 11.7. The topological polar surface area (TPSA) is 103 Å². The van der Waals surface area contributed by atoms with Crippen LogP contribution in [0.2, 0.25) is 0 Å². The van der Waals surface area contributed by atoms with Crippen LogP contribution in [0.3, 0.4) is 0 Å². The van der Waals surface area contributed by atoms with Gasteiger partial charge in [0.1, 0.15) is 11.6 Å². The van der Waals surface area contributed by atoms with E-state index in [-0.39, 0.29) is 18.6 Å². The zero-order valence-electron chi connectivity index (χ0n) is 21.7. The molecule has 2 aliphatic heterocycles. The molecule has 2 aromatic carbocycles. The van der Waals surface area contributed by atoms with Crippen LogP contribution < -0.4 is 26.2 Å². The lowest BCUT2D eigenvalue weighted by atomic mass is 10.00. The van der Waals surface area contributed by atoms with Crippen molar-refractivity contribution < 1.29 is 9.53 Å². The van der Waals surface area contributed by atoms with Crippen molar-refractivity contribution in [2.75, 3.05) is 38.6 Å². The van der Waals surface area contributed by atoms with Crippen molar-refractivity contribution in [2.45, 2.75) is 38.8 Å². The predicted molar refractivity (Wildman–Crippen MR) is 145 cm³/mol. The predicted octanol–water partition coefficient (Wildman–Crippen LogP) is 2.97. The SMILES string of the molecule is CC(C)NC(=O)COc1cccc(-c2nc3c(c(Nc4ccc(C5CNNC5)cc4)n2)CN(C)CC3)c1. The Morgan fingerprint density at radius 1 is 1.14 bits per heavy atom. The van der Waals surface area contributed by atoms with E-state index in [9.17, 15) is 4.79 Å². The highest BCUT2D eigenvalue weighted by Crippen LogP contribution is 2.30. The first kappa shape index (κ1) is 25.1. The van der Waals surface area contributed by atoms with Crippen LogP contribution in [0.25, 0.3) is 11.4 Å². The monoisotopic (exact) mass is 501 g/mol. The molecule has 0 saturated carbocycles. The number of benzene rings is 2. The lowest BCUT2D eigenvalue weighted by Gasteiger charge is -2.26. The molecule has 1 saturated heterocycles. The first-order valence-electron chi connectivity index (χ1n) is 12.9. The van der Waals surface area contributed by atoms with E-state index in [1.54, 1.807) is 0 Å². The van der Waals surface area contributed by atoms with Crippen LogP contribution in [0.15, 0.2) is 48.5 Å². The van der Waals surface area contributed by atoms with E-state index < -0.39 is 0 Å². The van der Waals surface area contributed by atoms with Gasteiger partial charge in [0.2, 0.25) is 0 Å². The summed E-state index contributed by atoms with van der Waals surface area (Å²) in [5.74, 6) is 2.41. The second-order valence-electron chi connectivity index (χ2n) is 10.1. The average Bonchev–Trinajstić information content (AvgIpc) is 3.43. The third-order valence-corrected chi connectivity index (χ3v) is 6.63. The van der Waals surface area contributed by atoms with Gasteiger partial charge in [-0.3, -0.25) is 15.6 Å². The highest BCUT2D eigenvalue weighted by molar-refractivity contribution is 5.77. The molecule has 1 fully saturated rings. The first-order valence-corrected chi connectivity index (χ1v) is 12.9. The van der Waals surface area contributed by atoms with Crippen molar-refractivity contribution in [1.82, 2.24) is 31.0 Å². The van der Waals surface area contributed by atoms with Crippen LogP contribution in [0.5, 0.6) is 5.75 Å².